The standard InChI is InChI=1S/C13H23NO3/c1-3-4-5-6-7-8-9-10-12(14-11-15)13(16)17-2/h12H,3-10H2,1-2H3. The zero-order chi connectivity index (χ0) is 12.9. The fourth-order valence-corrected chi connectivity index (χ4v) is 1.73. The van der Waals surface area contributed by atoms with Crippen molar-refractivity contribution in [2.75, 3.05) is 7.11 Å². The lowest BCUT2D eigenvalue weighted by Gasteiger charge is -2.07. The number of carbonyl (C=O) groups is 1. The van der Waals surface area contributed by atoms with E-state index >= 15 is 0 Å². The van der Waals surface area contributed by atoms with Crippen LogP contribution in [0.1, 0.15) is 58.3 Å². The molecule has 0 aliphatic carbocycles. The fraction of sp³-hybridized carbons (Fsp3) is 0.846. The van der Waals surface area contributed by atoms with Crippen LogP contribution in [0.4, 0.5) is 0 Å². The molecule has 0 fully saturated rings. The van der Waals surface area contributed by atoms with Crippen molar-refractivity contribution in [1.29, 1.82) is 0 Å². The Balaban J connectivity index is 3.61. The van der Waals surface area contributed by atoms with Crippen molar-refractivity contribution in [3.63, 3.8) is 0 Å². The molecule has 0 aliphatic rings. The molecule has 0 rings (SSSR count). The summed E-state index contributed by atoms with van der Waals surface area (Å²) in [5.41, 5.74) is 0. The van der Waals surface area contributed by atoms with E-state index in [1.165, 1.54) is 45.3 Å². The minimum atomic E-state index is -0.659. The molecule has 1 unspecified atom stereocenters. The maximum atomic E-state index is 11.2. The van der Waals surface area contributed by atoms with Crippen LogP contribution in [-0.2, 0) is 14.3 Å². The van der Waals surface area contributed by atoms with Crippen LogP contribution in [0.2, 0.25) is 0 Å². The second kappa shape index (κ2) is 11.3. The monoisotopic (exact) mass is 241 g/mol. The van der Waals surface area contributed by atoms with E-state index in [-0.39, 0.29) is 0 Å². The van der Waals surface area contributed by atoms with Crippen molar-refractivity contribution in [2.24, 2.45) is 4.99 Å². The van der Waals surface area contributed by atoms with Gasteiger partial charge in [0.05, 0.1) is 7.11 Å². The van der Waals surface area contributed by atoms with Gasteiger partial charge in [0.15, 0.2) is 6.04 Å². The number of esters is 1. The summed E-state index contributed by atoms with van der Waals surface area (Å²) in [6, 6.07) is -0.659. The predicted octanol–water partition coefficient (Wildman–Crippen LogP) is 3.00. The Kier molecular flexibility index (Phi) is 10.6. The molecule has 0 spiro atoms. The SMILES string of the molecule is CCCCCCCCCC(N=C=O)C(=O)OC. The highest BCUT2D eigenvalue weighted by Gasteiger charge is 2.17. The Bertz CT molecular complexity index is 247. The van der Waals surface area contributed by atoms with Crippen molar-refractivity contribution in [2.45, 2.75) is 64.3 Å². The Morgan fingerprint density at radius 1 is 1.18 bits per heavy atom. The molecule has 1 atom stereocenters. The van der Waals surface area contributed by atoms with Gasteiger partial charge in [-0.25, -0.2) is 9.59 Å². The quantitative estimate of drug-likeness (QED) is 0.256. The van der Waals surface area contributed by atoms with Crippen molar-refractivity contribution in [3.8, 4) is 0 Å². The molecular weight excluding hydrogens is 218 g/mol. The summed E-state index contributed by atoms with van der Waals surface area (Å²) in [5.74, 6) is -0.445. The predicted molar refractivity (Wildman–Crippen MR) is 66.5 cm³/mol. The summed E-state index contributed by atoms with van der Waals surface area (Å²) in [4.78, 5) is 24.8. The zero-order valence-electron chi connectivity index (χ0n) is 10.9. The highest BCUT2D eigenvalue weighted by Crippen LogP contribution is 2.11. The van der Waals surface area contributed by atoms with E-state index in [4.69, 9.17) is 0 Å². The van der Waals surface area contributed by atoms with E-state index in [0.717, 1.165) is 12.8 Å². The minimum Gasteiger partial charge on any atom is -0.467 e. The second-order valence-corrected chi connectivity index (χ2v) is 4.17. The highest BCUT2D eigenvalue weighted by atomic mass is 16.5. The van der Waals surface area contributed by atoms with Gasteiger partial charge in [-0.3, -0.25) is 0 Å². The Morgan fingerprint density at radius 3 is 2.29 bits per heavy atom. The van der Waals surface area contributed by atoms with Gasteiger partial charge < -0.3 is 4.74 Å². The van der Waals surface area contributed by atoms with Crippen molar-refractivity contribution >= 4 is 12.0 Å². The number of isocyanates is 1. The van der Waals surface area contributed by atoms with Crippen molar-refractivity contribution < 1.29 is 14.3 Å². The van der Waals surface area contributed by atoms with E-state index in [9.17, 15) is 9.59 Å². The number of carbonyl (C=O) groups excluding carboxylic acids is 2. The molecule has 0 aliphatic heterocycles. The molecule has 0 aromatic carbocycles. The normalized spacial score (nSPS) is 11.6. The van der Waals surface area contributed by atoms with Crippen molar-refractivity contribution in [1.82, 2.24) is 0 Å². The molecule has 17 heavy (non-hydrogen) atoms. The smallest absolute Gasteiger partial charge is 0.331 e. The van der Waals surface area contributed by atoms with Crippen LogP contribution < -0.4 is 0 Å². The first-order valence-corrected chi connectivity index (χ1v) is 6.41. The van der Waals surface area contributed by atoms with Crippen LogP contribution in [0, 0.1) is 0 Å². The maximum absolute atomic E-state index is 11.2. The Labute approximate surface area is 103 Å². The maximum Gasteiger partial charge on any atom is 0.331 e. The number of nitrogens with zero attached hydrogens (tertiary/aromatic N) is 1. The molecule has 4 heteroatoms. The van der Waals surface area contributed by atoms with Gasteiger partial charge >= 0.3 is 5.97 Å². The third-order valence-electron chi connectivity index (χ3n) is 2.76. The number of hydrogen-bond donors (Lipinski definition) is 0. The highest BCUT2D eigenvalue weighted by molar-refractivity contribution is 5.76. The average Bonchev–Trinajstić information content (AvgIpc) is 2.35. The Morgan fingerprint density at radius 2 is 1.76 bits per heavy atom. The first-order valence-electron chi connectivity index (χ1n) is 6.41. The van der Waals surface area contributed by atoms with Crippen LogP contribution in [0.3, 0.4) is 0 Å². The number of hydrogen-bond acceptors (Lipinski definition) is 4. The van der Waals surface area contributed by atoms with Gasteiger partial charge in [-0.15, -0.1) is 0 Å². The molecule has 0 heterocycles. The van der Waals surface area contributed by atoms with Crippen LogP contribution in [0.15, 0.2) is 4.99 Å². The lowest BCUT2D eigenvalue weighted by atomic mass is 10.1. The molecule has 4 nitrogen and oxygen atoms in total. The fourth-order valence-electron chi connectivity index (χ4n) is 1.73. The summed E-state index contributed by atoms with van der Waals surface area (Å²) in [6.45, 7) is 2.19. The number of ether oxygens (including phenoxy) is 1. The number of rotatable bonds is 10. The van der Waals surface area contributed by atoms with E-state index < -0.39 is 12.0 Å². The largest absolute Gasteiger partial charge is 0.467 e. The van der Waals surface area contributed by atoms with Gasteiger partial charge in [-0.1, -0.05) is 51.9 Å². The summed E-state index contributed by atoms with van der Waals surface area (Å²) < 4.78 is 4.56. The lowest BCUT2D eigenvalue weighted by molar-refractivity contribution is -0.142. The van der Waals surface area contributed by atoms with Crippen molar-refractivity contribution in [3.05, 3.63) is 0 Å². The van der Waals surface area contributed by atoms with Crippen LogP contribution in [0.25, 0.3) is 0 Å². The molecule has 0 saturated heterocycles. The zero-order valence-corrected chi connectivity index (χ0v) is 10.9. The van der Waals surface area contributed by atoms with Gasteiger partial charge in [0.25, 0.3) is 0 Å². The summed E-state index contributed by atoms with van der Waals surface area (Å²) in [6.07, 6.45) is 10.2. The minimum absolute atomic E-state index is 0.445. The molecule has 0 aromatic rings. The third-order valence-corrected chi connectivity index (χ3v) is 2.76. The number of unbranched alkanes of at least 4 members (excludes halogenated alkanes) is 6. The summed E-state index contributed by atoms with van der Waals surface area (Å²) in [5, 5.41) is 0. The molecular formula is C13H23NO3. The topological polar surface area (TPSA) is 55.7 Å². The molecule has 98 valence electrons. The number of methoxy groups -OCH3 is 1. The van der Waals surface area contributed by atoms with E-state index in [1.807, 2.05) is 0 Å². The van der Waals surface area contributed by atoms with E-state index in [1.54, 1.807) is 0 Å². The average molecular weight is 241 g/mol. The summed E-state index contributed by atoms with van der Waals surface area (Å²) in [7, 11) is 1.31. The van der Waals surface area contributed by atoms with Gasteiger partial charge in [-0.2, -0.15) is 4.99 Å². The lowest BCUT2D eigenvalue weighted by Crippen LogP contribution is -2.19. The van der Waals surface area contributed by atoms with E-state index in [0.29, 0.717) is 6.42 Å². The van der Waals surface area contributed by atoms with Crippen LogP contribution >= 0.6 is 0 Å². The van der Waals surface area contributed by atoms with Gasteiger partial charge in [-0.05, 0) is 6.42 Å². The molecule has 0 N–H and O–H groups in total. The molecule has 0 saturated carbocycles. The number of aliphatic imine (C=N–C) groups is 1. The molecule has 0 amide bonds. The molecule has 0 bridgehead atoms. The third kappa shape index (κ3) is 8.64. The van der Waals surface area contributed by atoms with Crippen LogP contribution in [-0.4, -0.2) is 25.2 Å². The van der Waals surface area contributed by atoms with Gasteiger partial charge in [0.1, 0.15) is 0 Å². The molecule has 0 aromatic heterocycles. The molecule has 0 radical (unpaired) electrons. The van der Waals surface area contributed by atoms with Gasteiger partial charge in [0.2, 0.25) is 6.08 Å². The van der Waals surface area contributed by atoms with Gasteiger partial charge in [0, 0.05) is 0 Å². The van der Waals surface area contributed by atoms with Crippen LogP contribution in [0.5, 0.6) is 0 Å². The Hall–Kier alpha value is -1.15. The first kappa shape index (κ1) is 15.9. The second-order valence-electron chi connectivity index (χ2n) is 4.17. The first-order chi connectivity index (χ1) is 8.26. The van der Waals surface area contributed by atoms with E-state index in [2.05, 4.69) is 16.7 Å². The summed E-state index contributed by atoms with van der Waals surface area (Å²) >= 11 is 0.